The third-order valence-corrected chi connectivity index (χ3v) is 4.22. The summed E-state index contributed by atoms with van der Waals surface area (Å²) in [6.45, 7) is 0. The Balaban J connectivity index is 2.02. The molecule has 6 nitrogen and oxygen atoms in total. The summed E-state index contributed by atoms with van der Waals surface area (Å²) < 4.78 is 31.5. The zero-order chi connectivity index (χ0) is 16.6. The largest absolute Gasteiger partial charge is 0.355 e. The topological polar surface area (TPSA) is 101 Å². The number of benzene rings is 2. The van der Waals surface area contributed by atoms with Gasteiger partial charge in [0, 0.05) is 22.9 Å². The summed E-state index contributed by atoms with van der Waals surface area (Å²) in [7, 11) is -4.33. The fourth-order valence-electron chi connectivity index (χ4n) is 2.32. The lowest BCUT2D eigenvalue weighted by atomic mass is 9.93. The number of fused-ring (bicyclic) bond motifs is 1. The third-order valence-electron chi connectivity index (χ3n) is 3.37. The number of hydrogen-bond acceptors (Lipinski definition) is 5. The van der Waals surface area contributed by atoms with E-state index in [1.807, 2.05) is 0 Å². The van der Waals surface area contributed by atoms with E-state index in [1.54, 1.807) is 30.3 Å². The molecule has 0 bridgehead atoms. The molecule has 0 aliphatic heterocycles. The number of nitrogens with one attached hydrogen (secondary N) is 1. The van der Waals surface area contributed by atoms with Crippen LogP contribution in [0, 0.1) is 0 Å². The van der Waals surface area contributed by atoms with Crippen LogP contribution in [0.4, 0.5) is 5.69 Å². The van der Waals surface area contributed by atoms with Crippen molar-refractivity contribution < 1.29 is 22.6 Å². The second-order valence-electron chi connectivity index (χ2n) is 4.92. The van der Waals surface area contributed by atoms with Crippen LogP contribution < -0.4 is 5.32 Å². The Labute approximate surface area is 132 Å². The van der Waals surface area contributed by atoms with Gasteiger partial charge in [0.15, 0.2) is 0 Å². The van der Waals surface area contributed by atoms with Crippen molar-refractivity contribution in [2.75, 3.05) is 5.32 Å². The van der Waals surface area contributed by atoms with Gasteiger partial charge in [-0.15, -0.1) is 0 Å². The Hall–Kier alpha value is -2.77. The van der Waals surface area contributed by atoms with E-state index in [9.17, 15) is 18.0 Å². The summed E-state index contributed by atoms with van der Waals surface area (Å²) in [6, 6.07) is 12.1. The number of hydrogen-bond donors (Lipinski definition) is 2. The molecule has 1 aliphatic carbocycles. The zero-order valence-corrected chi connectivity index (χ0v) is 12.5. The zero-order valence-electron chi connectivity index (χ0n) is 11.7. The molecule has 2 N–H and O–H groups in total. The maximum absolute atomic E-state index is 11.9. The van der Waals surface area contributed by atoms with Gasteiger partial charge < -0.3 is 5.32 Å². The van der Waals surface area contributed by atoms with Crippen LogP contribution in [-0.4, -0.2) is 24.5 Å². The molecule has 0 saturated carbocycles. The number of ketones is 2. The molecule has 0 fully saturated rings. The van der Waals surface area contributed by atoms with Crippen LogP contribution >= 0.6 is 0 Å². The average Bonchev–Trinajstić information content (AvgIpc) is 2.52. The van der Waals surface area contributed by atoms with Crippen LogP contribution in [0.3, 0.4) is 0 Å². The summed E-state index contributed by atoms with van der Waals surface area (Å²) in [5.41, 5.74) is 1.59. The highest BCUT2D eigenvalue weighted by Crippen LogP contribution is 2.27. The molecule has 0 atom stereocenters. The van der Waals surface area contributed by atoms with Crippen molar-refractivity contribution >= 4 is 33.1 Å². The van der Waals surface area contributed by atoms with Crippen LogP contribution in [0.15, 0.2) is 59.5 Å². The lowest BCUT2D eigenvalue weighted by molar-refractivity contribution is -0.111. The fourth-order valence-corrected chi connectivity index (χ4v) is 2.84. The van der Waals surface area contributed by atoms with Gasteiger partial charge in [0.1, 0.15) is 0 Å². The van der Waals surface area contributed by atoms with E-state index in [4.69, 9.17) is 4.55 Å². The van der Waals surface area contributed by atoms with Crippen molar-refractivity contribution in [2.45, 2.75) is 4.90 Å². The van der Waals surface area contributed by atoms with Crippen molar-refractivity contribution in [1.82, 2.24) is 0 Å². The van der Waals surface area contributed by atoms with E-state index in [1.165, 1.54) is 24.3 Å². The van der Waals surface area contributed by atoms with Gasteiger partial charge in [-0.1, -0.05) is 30.3 Å². The molecular formula is C16H11NO5S. The summed E-state index contributed by atoms with van der Waals surface area (Å²) in [5.74, 6) is -1.24. The highest BCUT2D eigenvalue weighted by Gasteiger charge is 2.25. The normalized spacial score (nSPS) is 14.2. The van der Waals surface area contributed by atoms with Gasteiger partial charge in [0.05, 0.1) is 10.6 Å². The molecule has 116 valence electrons. The first-order valence-corrected chi connectivity index (χ1v) is 8.04. The molecule has 0 amide bonds. The number of carbonyl (C=O) groups is 2. The Morgan fingerprint density at radius 1 is 0.913 bits per heavy atom. The highest BCUT2D eigenvalue weighted by atomic mass is 32.2. The minimum Gasteiger partial charge on any atom is -0.355 e. The molecule has 0 radical (unpaired) electrons. The summed E-state index contributed by atoms with van der Waals surface area (Å²) >= 11 is 0. The van der Waals surface area contributed by atoms with Crippen molar-refractivity contribution in [3.63, 3.8) is 0 Å². The van der Waals surface area contributed by atoms with Gasteiger partial charge in [-0.25, -0.2) is 0 Å². The minimum absolute atomic E-state index is 0.269. The van der Waals surface area contributed by atoms with Crippen LogP contribution in [0.5, 0.6) is 0 Å². The van der Waals surface area contributed by atoms with E-state index in [0.29, 0.717) is 16.9 Å². The maximum Gasteiger partial charge on any atom is 0.294 e. The van der Waals surface area contributed by atoms with Gasteiger partial charge in [0.25, 0.3) is 10.1 Å². The van der Waals surface area contributed by atoms with Gasteiger partial charge in [-0.3, -0.25) is 14.1 Å². The molecule has 3 rings (SSSR count). The second kappa shape index (κ2) is 5.45. The second-order valence-corrected chi connectivity index (χ2v) is 6.35. The monoisotopic (exact) mass is 329 g/mol. The standard InChI is InChI=1S/C16H11NO5S/c18-15-9-14(12-6-1-2-7-13(12)16(15)19)17-10-4-3-5-11(8-10)23(20,21)22/h1-9,17H,(H,20,21,22). The van der Waals surface area contributed by atoms with Gasteiger partial charge in [-0.05, 0) is 18.2 Å². The van der Waals surface area contributed by atoms with E-state index in [0.717, 1.165) is 0 Å². The lowest BCUT2D eigenvalue weighted by Crippen LogP contribution is -2.20. The number of carbonyl (C=O) groups excluding carboxylic acids is 2. The minimum atomic E-state index is -4.33. The number of rotatable bonds is 3. The summed E-state index contributed by atoms with van der Waals surface area (Å²) in [5, 5.41) is 2.91. The van der Waals surface area contributed by atoms with Crippen LogP contribution in [0.1, 0.15) is 15.9 Å². The summed E-state index contributed by atoms with van der Waals surface area (Å²) in [4.78, 5) is 23.4. The van der Waals surface area contributed by atoms with Crippen molar-refractivity contribution in [1.29, 1.82) is 0 Å². The molecule has 7 heteroatoms. The first-order valence-electron chi connectivity index (χ1n) is 6.60. The molecule has 2 aromatic rings. The first kappa shape index (κ1) is 15.1. The van der Waals surface area contributed by atoms with E-state index >= 15 is 0 Å². The molecule has 23 heavy (non-hydrogen) atoms. The molecule has 0 saturated heterocycles. The Morgan fingerprint density at radius 3 is 2.30 bits per heavy atom. The SMILES string of the molecule is O=C1C=C(Nc2cccc(S(=O)(=O)O)c2)c2ccccc2C1=O. The van der Waals surface area contributed by atoms with Gasteiger partial charge in [-0.2, -0.15) is 8.42 Å². The van der Waals surface area contributed by atoms with Crippen molar-refractivity contribution in [2.24, 2.45) is 0 Å². The van der Waals surface area contributed by atoms with E-state index < -0.39 is 21.7 Å². The quantitative estimate of drug-likeness (QED) is 0.661. The van der Waals surface area contributed by atoms with Gasteiger partial charge >= 0.3 is 0 Å². The van der Waals surface area contributed by atoms with Gasteiger partial charge in [0.2, 0.25) is 11.6 Å². The molecular weight excluding hydrogens is 318 g/mol. The molecule has 0 aromatic heterocycles. The van der Waals surface area contributed by atoms with Crippen LogP contribution in [0.25, 0.3) is 5.70 Å². The molecule has 0 unspecified atom stereocenters. The lowest BCUT2D eigenvalue weighted by Gasteiger charge is -2.18. The van der Waals surface area contributed by atoms with E-state index in [-0.39, 0.29) is 10.5 Å². The van der Waals surface area contributed by atoms with Crippen molar-refractivity contribution in [3.8, 4) is 0 Å². The fraction of sp³-hybridized carbons (Fsp3) is 0. The summed E-state index contributed by atoms with van der Waals surface area (Å²) in [6.07, 6.45) is 1.17. The molecule has 1 aliphatic rings. The predicted molar refractivity (Wildman–Crippen MR) is 83.6 cm³/mol. The molecule has 0 heterocycles. The average molecular weight is 329 g/mol. The molecule has 0 spiro atoms. The van der Waals surface area contributed by atoms with Crippen LogP contribution in [0.2, 0.25) is 0 Å². The Bertz CT molecular complexity index is 960. The maximum atomic E-state index is 11.9. The number of allylic oxidation sites excluding steroid dienone is 1. The van der Waals surface area contributed by atoms with E-state index in [2.05, 4.69) is 5.32 Å². The number of anilines is 1. The predicted octanol–water partition coefficient (Wildman–Crippen LogP) is 2.15. The highest BCUT2D eigenvalue weighted by molar-refractivity contribution is 7.85. The molecule has 2 aromatic carbocycles. The smallest absolute Gasteiger partial charge is 0.294 e. The third kappa shape index (κ3) is 2.92. The van der Waals surface area contributed by atoms with Crippen molar-refractivity contribution in [3.05, 3.63) is 65.7 Å². The Morgan fingerprint density at radius 2 is 1.61 bits per heavy atom. The first-order chi connectivity index (χ1) is 10.9. The number of Topliss-reactive ketones (excluding diaryl/α,β-unsaturated/α-hetero) is 1. The Kier molecular flexibility index (Phi) is 3.59. The van der Waals surface area contributed by atoms with Crippen LogP contribution in [-0.2, 0) is 14.9 Å².